The van der Waals surface area contributed by atoms with E-state index in [0.29, 0.717) is 31.3 Å². The highest BCUT2D eigenvalue weighted by Crippen LogP contribution is 2.39. The van der Waals surface area contributed by atoms with Crippen LogP contribution in [-0.4, -0.2) is 35.7 Å². The molecule has 1 aliphatic rings. The van der Waals surface area contributed by atoms with E-state index in [1.165, 1.54) is 4.57 Å². The molecule has 2 N–H and O–H groups in total. The molecule has 2 aromatic carbocycles. The van der Waals surface area contributed by atoms with Gasteiger partial charge in [0.1, 0.15) is 11.1 Å². The van der Waals surface area contributed by atoms with Crippen molar-refractivity contribution < 1.29 is 13.9 Å². The zero-order chi connectivity index (χ0) is 24.0. The summed E-state index contributed by atoms with van der Waals surface area (Å²) < 4.78 is 12.9. The normalized spacial score (nSPS) is 15.8. The first-order valence-corrected chi connectivity index (χ1v) is 11.4. The van der Waals surface area contributed by atoms with Gasteiger partial charge in [-0.15, -0.1) is 0 Å². The molecule has 0 atom stereocenters. The third-order valence-electron chi connectivity index (χ3n) is 6.99. The van der Waals surface area contributed by atoms with Gasteiger partial charge in [0.2, 0.25) is 5.89 Å². The smallest absolute Gasteiger partial charge is 0.265 e. The number of benzene rings is 2. The number of fused-ring (bicyclic) bond motifs is 2. The number of ether oxygens (including phenoxy) is 1. The number of nitrogens with two attached hydrogens (primary N) is 1. The maximum absolute atomic E-state index is 13.0. The highest BCUT2D eigenvalue weighted by Gasteiger charge is 2.38. The third-order valence-corrected chi connectivity index (χ3v) is 6.99. The first-order valence-electron chi connectivity index (χ1n) is 11.4. The number of piperidine rings is 1. The summed E-state index contributed by atoms with van der Waals surface area (Å²) in [5.41, 5.74) is 9.09. The van der Waals surface area contributed by atoms with E-state index in [1.807, 2.05) is 42.5 Å². The first kappa shape index (κ1) is 22.2. The second kappa shape index (κ2) is 8.29. The molecule has 0 spiro atoms. The molecule has 1 fully saturated rings. The molecule has 2 aromatic heterocycles. The van der Waals surface area contributed by atoms with Crippen LogP contribution in [0, 0.1) is 0 Å². The summed E-state index contributed by atoms with van der Waals surface area (Å²) in [5, 5.41) is 0.842. The Kier molecular flexibility index (Phi) is 5.40. The molecule has 1 aliphatic heterocycles. The Morgan fingerprint density at radius 3 is 2.65 bits per heavy atom. The number of aryl methyl sites for hydroxylation is 1. The van der Waals surface area contributed by atoms with Gasteiger partial charge in [-0.05, 0) is 36.6 Å². The number of methoxy groups -OCH3 is 1. The summed E-state index contributed by atoms with van der Waals surface area (Å²) in [4.78, 5) is 32.2. The van der Waals surface area contributed by atoms with Crippen molar-refractivity contribution >= 4 is 33.6 Å². The van der Waals surface area contributed by atoms with Gasteiger partial charge < -0.3 is 24.4 Å². The molecule has 1 amide bonds. The topological polar surface area (TPSA) is 104 Å². The van der Waals surface area contributed by atoms with Gasteiger partial charge >= 0.3 is 0 Å². The summed E-state index contributed by atoms with van der Waals surface area (Å²) in [6.45, 7) is 3.95. The minimum absolute atomic E-state index is 0.0392. The molecule has 8 nitrogen and oxygen atoms in total. The molecule has 0 bridgehead atoms. The molecule has 1 saturated heterocycles. The van der Waals surface area contributed by atoms with Crippen LogP contribution in [0.4, 0.5) is 5.69 Å². The average Bonchev–Trinajstić information content (AvgIpc) is 3.26. The van der Waals surface area contributed by atoms with Crippen LogP contribution < -0.4 is 16.2 Å². The summed E-state index contributed by atoms with van der Waals surface area (Å²) in [6, 6.07) is 13.5. The van der Waals surface area contributed by atoms with Gasteiger partial charge in [0.15, 0.2) is 5.58 Å². The van der Waals surface area contributed by atoms with Crippen LogP contribution in [-0.2, 0) is 23.8 Å². The minimum atomic E-state index is -0.708. The first-order chi connectivity index (χ1) is 16.3. The average molecular weight is 461 g/mol. The molecule has 3 heterocycles. The van der Waals surface area contributed by atoms with Crippen LogP contribution in [0.1, 0.15) is 41.6 Å². The molecule has 8 heteroatoms. The Morgan fingerprint density at radius 1 is 1.21 bits per heavy atom. The molecular weight excluding hydrogens is 432 g/mol. The molecule has 176 valence electrons. The van der Waals surface area contributed by atoms with E-state index in [4.69, 9.17) is 19.9 Å². The van der Waals surface area contributed by atoms with Crippen LogP contribution in [0.15, 0.2) is 51.7 Å². The number of hydrogen-bond acceptors (Lipinski definition) is 6. The predicted octanol–water partition coefficient (Wildman–Crippen LogP) is 3.48. The molecule has 0 aliphatic carbocycles. The second-order valence-corrected chi connectivity index (χ2v) is 9.27. The van der Waals surface area contributed by atoms with Gasteiger partial charge in [-0.3, -0.25) is 9.59 Å². The molecule has 0 saturated carbocycles. The Labute approximate surface area is 196 Å². The lowest BCUT2D eigenvalue weighted by molar-refractivity contribution is 0.0999. The standard InChI is InChI=1S/C26H28N4O4/c1-26(25-28-18-9-8-16(15-33-3)14-20(18)34-25)10-12-30(13-11-26)22-17-6-4-5-7-19(17)29(2)24(32)21(22)23(27)31/h4-9,14H,10-13,15H2,1-3H3,(H2,27,31). The number of aromatic nitrogens is 2. The van der Waals surface area contributed by atoms with Crippen LogP contribution >= 0.6 is 0 Å². The Balaban J connectivity index is 1.49. The monoisotopic (exact) mass is 460 g/mol. The SMILES string of the molecule is COCc1ccc2nc(C3(C)CCN(c4c(C(N)=O)c(=O)n(C)c5ccccc45)CC3)oc2c1. The van der Waals surface area contributed by atoms with Crippen molar-refractivity contribution in [2.45, 2.75) is 31.8 Å². The van der Waals surface area contributed by atoms with Gasteiger partial charge in [-0.2, -0.15) is 0 Å². The summed E-state index contributed by atoms with van der Waals surface area (Å²) in [7, 11) is 3.33. The molecule has 0 unspecified atom stereocenters. The molecule has 5 rings (SSSR count). The lowest BCUT2D eigenvalue weighted by Gasteiger charge is -2.39. The van der Waals surface area contributed by atoms with E-state index in [0.717, 1.165) is 40.4 Å². The van der Waals surface area contributed by atoms with Crippen molar-refractivity contribution in [3.05, 3.63) is 69.8 Å². The fourth-order valence-corrected chi connectivity index (χ4v) is 4.95. The number of carbonyl (C=O) groups excluding carboxylic acids is 1. The van der Waals surface area contributed by atoms with E-state index >= 15 is 0 Å². The van der Waals surface area contributed by atoms with Crippen molar-refractivity contribution in [1.29, 1.82) is 0 Å². The fraction of sp³-hybridized carbons (Fsp3) is 0.346. The molecule has 0 radical (unpaired) electrons. The quantitative estimate of drug-likeness (QED) is 0.489. The largest absolute Gasteiger partial charge is 0.440 e. The second-order valence-electron chi connectivity index (χ2n) is 9.27. The Hall–Kier alpha value is -3.65. The van der Waals surface area contributed by atoms with Gasteiger partial charge in [-0.1, -0.05) is 31.2 Å². The van der Waals surface area contributed by atoms with Crippen LogP contribution in [0.25, 0.3) is 22.0 Å². The van der Waals surface area contributed by atoms with E-state index in [-0.39, 0.29) is 16.5 Å². The maximum atomic E-state index is 13.0. The zero-order valence-corrected chi connectivity index (χ0v) is 19.6. The van der Waals surface area contributed by atoms with Gasteiger partial charge in [0.25, 0.3) is 11.5 Å². The number of pyridine rings is 1. The summed E-state index contributed by atoms with van der Waals surface area (Å²) in [5.74, 6) is 0.00109. The number of para-hydroxylation sites is 1. The fourth-order valence-electron chi connectivity index (χ4n) is 4.95. The van der Waals surface area contributed by atoms with Crippen molar-refractivity contribution in [1.82, 2.24) is 9.55 Å². The van der Waals surface area contributed by atoms with Gasteiger partial charge in [0, 0.05) is 38.0 Å². The molecular formula is C26H28N4O4. The highest BCUT2D eigenvalue weighted by atomic mass is 16.5. The van der Waals surface area contributed by atoms with Crippen LogP contribution in [0.3, 0.4) is 0 Å². The van der Waals surface area contributed by atoms with E-state index < -0.39 is 5.91 Å². The van der Waals surface area contributed by atoms with Gasteiger partial charge in [-0.25, -0.2) is 4.98 Å². The lowest BCUT2D eigenvalue weighted by Crippen LogP contribution is -2.43. The zero-order valence-electron chi connectivity index (χ0n) is 19.6. The van der Waals surface area contributed by atoms with Crippen molar-refractivity contribution in [3.8, 4) is 0 Å². The van der Waals surface area contributed by atoms with E-state index in [2.05, 4.69) is 11.8 Å². The number of nitrogens with zero attached hydrogens (tertiary/aromatic N) is 3. The summed E-state index contributed by atoms with van der Waals surface area (Å²) >= 11 is 0. The Bertz CT molecular complexity index is 1460. The van der Waals surface area contributed by atoms with E-state index in [9.17, 15) is 9.59 Å². The summed E-state index contributed by atoms with van der Waals surface area (Å²) in [6.07, 6.45) is 1.51. The number of oxazole rings is 1. The lowest BCUT2D eigenvalue weighted by atomic mass is 9.80. The number of carbonyl (C=O) groups is 1. The van der Waals surface area contributed by atoms with Gasteiger partial charge in [0.05, 0.1) is 17.8 Å². The van der Waals surface area contributed by atoms with Crippen molar-refractivity contribution in [2.24, 2.45) is 12.8 Å². The number of anilines is 1. The number of hydrogen-bond donors (Lipinski definition) is 1. The predicted molar refractivity (Wildman–Crippen MR) is 131 cm³/mol. The molecule has 34 heavy (non-hydrogen) atoms. The minimum Gasteiger partial charge on any atom is -0.440 e. The number of amides is 1. The number of primary amides is 1. The van der Waals surface area contributed by atoms with Crippen molar-refractivity contribution in [3.63, 3.8) is 0 Å². The van der Waals surface area contributed by atoms with E-state index in [1.54, 1.807) is 14.2 Å². The van der Waals surface area contributed by atoms with Crippen LogP contribution in [0.5, 0.6) is 0 Å². The maximum Gasteiger partial charge on any atom is 0.265 e. The van der Waals surface area contributed by atoms with Crippen molar-refractivity contribution in [2.75, 3.05) is 25.1 Å². The Morgan fingerprint density at radius 2 is 1.94 bits per heavy atom. The molecule has 4 aromatic rings. The third kappa shape index (κ3) is 3.54. The highest BCUT2D eigenvalue weighted by molar-refractivity contribution is 6.07. The number of rotatable bonds is 5. The van der Waals surface area contributed by atoms with Crippen LogP contribution in [0.2, 0.25) is 0 Å².